The Morgan fingerprint density at radius 2 is 1.70 bits per heavy atom. The van der Waals surface area contributed by atoms with Gasteiger partial charge in [-0.25, -0.2) is 4.39 Å². The van der Waals surface area contributed by atoms with Crippen LogP contribution in [0.1, 0.15) is 11.1 Å². The second kappa shape index (κ2) is 5.85. The van der Waals surface area contributed by atoms with Gasteiger partial charge in [-0.1, -0.05) is 23.9 Å². The van der Waals surface area contributed by atoms with Crippen LogP contribution in [0.2, 0.25) is 0 Å². The maximum Gasteiger partial charge on any atom is 0.416 e. The summed E-state index contributed by atoms with van der Waals surface area (Å²) in [5.74, 6) is -0.426. The van der Waals surface area contributed by atoms with Crippen LogP contribution in [0.25, 0.3) is 0 Å². The third-order valence-corrected chi connectivity index (χ3v) is 3.62. The quantitative estimate of drug-likeness (QED) is 0.847. The molecule has 0 spiro atoms. The number of alkyl halides is 3. The highest BCUT2D eigenvalue weighted by molar-refractivity contribution is 7.99. The highest BCUT2D eigenvalue weighted by atomic mass is 32.2. The molecule has 0 radical (unpaired) electrons. The first-order valence-corrected chi connectivity index (χ1v) is 6.55. The molecular formula is C14H11F4NS. The molecule has 0 amide bonds. The van der Waals surface area contributed by atoms with Crippen LogP contribution in [0.15, 0.2) is 52.3 Å². The van der Waals surface area contributed by atoms with Crippen molar-refractivity contribution < 1.29 is 17.6 Å². The molecule has 1 nitrogen and oxygen atoms in total. The molecule has 2 aromatic carbocycles. The Balaban J connectivity index is 2.34. The Hall–Kier alpha value is -1.53. The van der Waals surface area contributed by atoms with Gasteiger partial charge in [-0.05, 0) is 35.9 Å². The van der Waals surface area contributed by atoms with Gasteiger partial charge in [-0.2, -0.15) is 13.2 Å². The van der Waals surface area contributed by atoms with Crippen molar-refractivity contribution in [3.63, 3.8) is 0 Å². The monoisotopic (exact) mass is 301 g/mol. The molecule has 2 rings (SSSR count). The largest absolute Gasteiger partial charge is 0.416 e. The van der Waals surface area contributed by atoms with Gasteiger partial charge in [0.05, 0.1) is 5.56 Å². The summed E-state index contributed by atoms with van der Waals surface area (Å²) >= 11 is 1.07. The highest BCUT2D eigenvalue weighted by Gasteiger charge is 2.33. The van der Waals surface area contributed by atoms with Gasteiger partial charge in [0.15, 0.2) is 0 Å². The summed E-state index contributed by atoms with van der Waals surface area (Å²) in [6.45, 7) is -0.181. The number of hydrogen-bond donors (Lipinski definition) is 1. The van der Waals surface area contributed by atoms with Crippen molar-refractivity contribution in [2.24, 2.45) is 5.73 Å². The molecule has 0 aromatic heterocycles. The summed E-state index contributed by atoms with van der Waals surface area (Å²) in [6, 6.07) is 9.64. The molecule has 0 fully saturated rings. The van der Waals surface area contributed by atoms with Gasteiger partial charge in [0.2, 0.25) is 0 Å². The van der Waals surface area contributed by atoms with Crippen LogP contribution in [0, 0.1) is 5.82 Å². The van der Waals surface area contributed by atoms with Crippen molar-refractivity contribution in [2.75, 3.05) is 0 Å². The summed E-state index contributed by atoms with van der Waals surface area (Å²) in [4.78, 5) is 0.929. The Morgan fingerprint density at radius 1 is 1.00 bits per heavy atom. The van der Waals surface area contributed by atoms with Crippen LogP contribution in [-0.2, 0) is 12.7 Å². The topological polar surface area (TPSA) is 26.0 Å². The van der Waals surface area contributed by atoms with E-state index in [0.717, 1.165) is 17.8 Å². The lowest BCUT2D eigenvalue weighted by atomic mass is 10.1. The van der Waals surface area contributed by atoms with Gasteiger partial charge in [-0.15, -0.1) is 0 Å². The molecule has 0 saturated carbocycles. The van der Waals surface area contributed by atoms with E-state index in [-0.39, 0.29) is 12.1 Å². The molecule has 0 aliphatic heterocycles. The summed E-state index contributed by atoms with van der Waals surface area (Å²) in [5.41, 5.74) is 4.61. The molecule has 2 N–H and O–H groups in total. The number of benzene rings is 2. The van der Waals surface area contributed by atoms with Crippen molar-refractivity contribution in [3.8, 4) is 0 Å². The number of hydrogen-bond acceptors (Lipinski definition) is 2. The van der Waals surface area contributed by atoms with E-state index in [1.807, 2.05) is 0 Å². The van der Waals surface area contributed by atoms with Crippen molar-refractivity contribution in [1.29, 1.82) is 0 Å². The van der Waals surface area contributed by atoms with Crippen molar-refractivity contribution in [2.45, 2.75) is 22.5 Å². The summed E-state index contributed by atoms with van der Waals surface area (Å²) in [5, 5.41) is 0. The van der Waals surface area contributed by atoms with E-state index in [1.165, 1.54) is 24.3 Å². The van der Waals surface area contributed by atoms with Gasteiger partial charge < -0.3 is 5.73 Å². The predicted octanol–water partition coefficient (Wildman–Crippen LogP) is 4.45. The van der Waals surface area contributed by atoms with Gasteiger partial charge in [0.1, 0.15) is 5.82 Å². The smallest absolute Gasteiger partial charge is 0.326 e. The van der Waals surface area contributed by atoms with Gasteiger partial charge in [-0.3, -0.25) is 0 Å². The zero-order chi connectivity index (χ0) is 14.8. The minimum atomic E-state index is -4.45. The van der Waals surface area contributed by atoms with E-state index in [2.05, 4.69) is 0 Å². The fourth-order valence-electron chi connectivity index (χ4n) is 1.73. The first kappa shape index (κ1) is 14.9. The van der Waals surface area contributed by atoms with Crippen molar-refractivity contribution in [3.05, 3.63) is 59.4 Å². The van der Waals surface area contributed by atoms with E-state index < -0.39 is 17.6 Å². The first-order valence-electron chi connectivity index (χ1n) is 5.74. The van der Waals surface area contributed by atoms with Crippen LogP contribution in [0.3, 0.4) is 0 Å². The predicted molar refractivity (Wildman–Crippen MR) is 69.9 cm³/mol. The molecular weight excluding hydrogens is 290 g/mol. The van der Waals surface area contributed by atoms with Crippen molar-refractivity contribution >= 4 is 11.8 Å². The van der Waals surface area contributed by atoms with Crippen LogP contribution in [0.4, 0.5) is 17.6 Å². The van der Waals surface area contributed by atoms with Gasteiger partial charge in [0, 0.05) is 16.3 Å². The standard InChI is InChI=1S/C14H11F4NS/c15-10-2-1-3-11(6-10)20-12-5-4-9(8-19)13(7-12)14(16,17)18/h1-7H,8,19H2. The Kier molecular flexibility index (Phi) is 4.35. The molecule has 0 aliphatic rings. The second-order valence-corrected chi connectivity index (χ2v) is 5.23. The van der Waals surface area contributed by atoms with Crippen LogP contribution >= 0.6 is 11.8 Å². The number of nitrogens with two attached hydrogens (primary N) is 1. The molecule has 106 valence electrons. The van der Waals surface area contributed by atoms with E-state index in [9.17, 15) is 17.6 Å². The summed E-state index contributed by atoms with van der Waals surface area (Å²) in [6.07, 6.45) is -4.45. The first-order chi connectivity index (χ1) is 9.40. The average Bonchev–Trinajstić information content (AvgIpc) is 2.37. The molecule has 6 heteroatoms. The fourth-order valence-corrected chi connectivity index (χ4v) is 2.63. The zero-order valence-electron chi connectivity index (χ0n) is 10.2. The third kappa shape index (κ3) is 3.52. The Labute approximate surface area is 117 Å². The summed E-state index contributed by atoms with van der Waals surface area (Å²) in [7, 11) is 0. The molecule has 0 atom stereocenters. The second-order valence-electron chi connectivity index (χ2n) is 4.08. The average molecular weight is 301 g/mol. The van der Waals surface area contributed by atoms with E-state index in [4.69, 9.17) is 5.73 Å². The molecule has 0 saturated heterocycles. The highest BCUT2D eigenvalue weighted by Crippen LogP contribution is 2.36. The van der Waals surface area contributed by atoms with E-state index >= 15 is 0 Å². The molecule has 0 bridgehead atoms. The van der Waals surface area contributed by atoms with E-state index in [0.29, 0.717) is 9.79 Å². The molecule has 0 aliphatic carbocycles. The number of rotatable bonds is 3. The van der Waals surface area contributed by atoms with Gasteiger partial charge in [0.25, 0.3) is 0 Å². The lowest BCUT2D eigenvalue weighted by molar-refractivity contribution is -0.138. The Bertz CT molecular complexity index is 610. The maximum absolute atomic E-state index is 13.0. The normalized spacial score (nSPS) is 11.7. The minimum absolute atomic E-state index is 0.0427. The SMILES string of the molecule is NCc1ccc(Sc2cccc(F)c2)cc1C(F)(F)F. The Morgan fingerprint density at radius 3 is 2.30 bits per heavy atom. The van der Waals surface area contributed by atoms with Crippen LogP contribution in [-0.4, -0.2) is 0 Å². The minimum Gasteiger partial charge on any atom is -0.326 e. The molecule has 0 heterocycles. The zero-order valence-corrected chi connectivity index (χ0v) is 11.1. The molecule has 2 aromatic rings. The summed E-state index contributed by atoms with van der Waals surface area (Å²) < 4.78 is 51.7. The maximum atomic E-state index is 13.0. The third-order valence-electron chi connectivity index (χ3n) is 2.64. The molecule has 0 unspecified atom stereocenters. The lowest BCUT2D eigenvalue weighted by Crippen LogP contribution is -2.11. The fraction of sp³-hybridized carbons (Fsp3) is 0.143. The van der Waals surface area contributed by atoms with Crippen molar-refractivity contribution in [1.82, 2.24) is 0 Å². The van der Waals surface area contributed by atoms with Crippen LogP contribution in [0.5, 0.6) is 0 Å². The lowest BCUT2D eigenvalue weighted by Gasteiger charge is -2.13. The van der Waals surface area contributed by atoms with Crippen LogP contribution < -0.4 is 5.73 Å². The van der Waals surface area contributed by atoms with Gasteiger partial charge >= 0.3 is 6.18 Å². The molecule has 20 heavy (non-hydrogen) atoms. The number of halogens is 4. The van der Waals surface area contributed by atoms with E-state index in [1.54, 1.807) is 12.1 Å².